The minimum absolute atomic E-state index is 0.167. The Morgan fingerprint density at radius 1 is 0.962 bits per heavy atom. The third-order valence-electron chi connectivity index (χ3n) is 4.99. The van der Waals surface area contributed by atoms with E-state index in [4.69, 9.17) is 23.7 Å². The number of methoxy groups -OCH3 is 3. The Kier molecular flexibility index (Phi) is 4.51. The molecule has 6 nitrogen and oxygen atoms in total. The zero-order valence-corrected chi connectivity index (χ0v) is 15.3. The monoisotopic (exact) mass is 357 g/mol. The molecule has 26 heavy (non-hydrogen) atoms. The van der Waals surface area contributed by atoms with Gasteiger partial charge in [0.05, 0.1) is 21.3 Å². The second kappa shape index (κ2) is 6.96. The van der Waals surface area contributed by atoms with Crippen molar-refractivity contribution in [2.75, 3.05) is 34.7 Å². The summed E-state index contributed by atoms with van der Waals surface area (Å²) in [6, 6.07) is 8.28. The van der Waals surface area contributed by atoms with Crippen molar-refractivity contribution in [1.29, 1.82) is 0 Å². The molecule has 2 aromatic rings. The highest BCUT2D eigenvalue weighted by Crippen LogP contribution is 2.48. The van der Waals surface area contributed by atoms with Crippen molar-refractivity contribution < 1.29 is 23.7 Å². The molecular formula is C20H23NO5. The molecule has 1 atom stereocenters. The van der Waals surface area contributed by atoms with Crippen LogP contribution >= 0.6 is 0 Å². The van der Waals surface area contributed by atoms with Crippen LogP contribution in [0.4, 0.5) is 0 Å². The maximum atomic E-state index is 5.74. The van der Waals surface area contributed by atoms with Crippen molar-refractivity contribution in [3.63, 3.8) is 0 Å². The Balaban J connectivity index is 1.68. The van der Waals surface area contributed by atoms with E-state index in [1.54, 1.807) is 21.3 Å². The van der Waals surface area contributed by atoms with Gasteiger partial charge in [-0.2, -0.15) is 0 Å². The van der Waals surface area contributed by atoms with Crippen molar-refractivity contribution in [2.24, 2.45) is 0 Å². The lowest BCUT2D eigenvalue weighted by atomic mass is 9.89. The van der Waals surface area contributed by atoms with Crippen molar-refractivity contribution in [3.05, 3.63) is 41.0 Å². The van der Waals surface area contributed by atoms with Gasteiger partial charge < -0.3 is 29.0 Å². The van der Waals surface area contributed by atoms with Gasteiger partial charge in [0.25, 0.3) is 0 Å². The van der Waals surface area contributed by atoms with Crippen LogP contribution < -0.4 is 29.0 Å². The molecule has 0 fully saturated rings. The molecule has 1 unspecified atom stereocenters. The van der Waals surface area contributed by atoms with E-state index in [2.05, 4.69) is 17.4 Å². The molecule has 0 radical (unpaired) electrons. The predicted octanol–water partition coefficient (Wildman–Crippen LogP) is 2.87. The van der Waals surface area contributed by atoms with Crippen LogP contribution in [0.1, 0.15) is 22.7 Å². The zero-order valence-electron chi connectivity index (χ0n) is 15.3. The van der Waals surface area contributed by atoms with Gasteiger partial charge in [0.1, 0.15) is 0 Å². The molecule has 0 bridgehead atoms. The normalized spacial score (nSPS) is 17.6. The smallest absolute Gasteiger partial charge is 0.231 e. The molecule has 0 aliphatic carbocycles. The summed E-state index contributed by atoms with van der Waals surface area (Å²) in [5.41, 5.74) is 3.58. The first kappa shape index (κ1) is 16.8. The SMILES string of the molecule is COc1ccc(CC2NCCc3c2cc(OC)c2c3OCO2)cc1OC. The summed E-state index contributed by atoms with van der Waals surface area (Å²) in [6.45, 7) is 1.14. The number of rotatable bonds is 5. The first-order valence-electron chi connectivity index (χ1n) is 8.68. The topological polar surface area (TPSA) is 58.2 Å². The lowest BCUT2D eigenvalue weighted by Gasteiger charge is -2.28. The molecule has 2 aliphatic heterocycles. The van der Waals surface area contributed by atoms with Crippen LogP contribution in [0.3, 0.4) is 0 Å². The van der Waals surface area contributed by atoms with Crippen molar-refractivity contribution in [2.45, 2.75) is 18.9 Å². The largest absolute Gasteiger partial charge is 0.493 e. The third kappa shape index (κ3) is 2.80. The summed E-state index contributed by atoms with van der Waals surface area (Å²) in [5.74, 6) is 3.75. The summed E-state index contributed by atoms with van der Waals surface area (Å²) in [4.78, 5) is 0. The molecular weight excluding hydrogens is 334 g/mol. The first-order chi connectivity index (χ1) is 12.7. The van der Waals surface area contributed by atoms with E-state index in [0.29, 0.717) is 0 Å². The van der Waals surface area contributed by atoms with Gasteiger partial charge >= 0.3 is 0 Å². The highest BCUT2D eigenvalue weighted by Gasteiger charge is 2.31. The van der Waals surface area contributed by atoms with Gasteiger partial charge in [-0.05, 0) is 48.7 Å². The fraction of sp³-hybridized carbons (Fsp3) is 0.400. The Labute approximate surface area is 153 Å². The summed E-state index contributed by atoms with van der Waals surface area (Å²) in [5, 5.41) is 3.61. The molecule has 2 heterocycles. The van der Waals surface area contributed by atoms with Gasteiger partial charge in [-0.3, -0.25) is 0 Å². The average Bonchev–Trinajstić information content (AvgIpc) is 3.17. The van der Waals surface area contributed by atoms with Gasteiger partial charge in [-0.25, -0.2) is 0 Å². The summed E-state index contributed by atoms with van der Waals surface area (Å²) < 4.78 is 27.6. The second-order valence-electron chi connectivity index (χ2n) is 6.36. The number of fused-ring (bicyclic) bond motifs is 3. The Morgan fingerprint density at radius 3 is 2.50 bits per heavy atom. The van der Waals surface area contributed by atoms with Gasteiger partial charge in [-0.15, -0.1) is 0 Å². The Hall–Kier alpha value is -2.60. The molecule has 2 aliphatic rings. The van der Waals surface area contributed by atoms with Crippen LogP contribution in [-0.4, -0.2) is 34.7 Å². The van der Waals surface area contributed by atoms with Gasteiger partial charge in [-0.1, -0.05) is 6.07 Å². The third-order valence-corrected chi connectivity index (χ3v) is 4.99. The second-order valence-corrected chi connectivity index (χ2v) is 6.36. The van der Waals surface area contributed by atoms with Crippen molar-refractivity contribution >= 4 is 0 Å². The van der Waals surface area contributed by atoms with Crippen LogP contribution in [0.2, 0.25) is 0 Å². The van der Waals surface area contributed by atoms with Gasteiger partial charge in [0, 0.05) is 11.6 Å². The molecule has 6 heteroatoms. The molecule has 0 saturated heterocycles. The van der Waals surface area contributed by atoms with Crippen LogP contribution in [0.5, 0.6) is 28.7 Å². The predicted molar refractivity (Wildman–Crippen MR) is 96.8 cm³/mol. The van der Waals surface area contributed by atoms with E-state index < -0.39 is 0 Å². The van der Waals surface area contributed by atoms with Crippen LogP contribution in [0.25, 0.3) is 0 Å². The molecule has 2 aromatic carbocycles. The fourth-order valence-corrected chi connectivity index (χ4v) is 3.74. The first-order valence-corrected chi connectivity index (χ1v) is 8.68. The maximum absolute atomic E-state index is 5.74. The summed E-state index contributed by atoms with van der Waals surface area (Å²) in [6.07, 6.45) is 1.74. The molecule has 138 valence electrons. The molecule has 0 spiro atoms. The van der Waals surface area contributed by atoms with E-state index in [0.717, 1.165) is 48.1 Å². The van der Waals surface area contributed by atoms with Gasteiger partial charge in [0.15, 0.2) is 23.0 Å². The highest BCUT2D eigenvalue weighted by atomic mass is 16.7. The van der Waals surface area contributed by atoms with Crippen molar-refractivity contribution in [3.8, 4) is 28.7 Å². The molecule has 1 N–H and O–H groups in total. The van der Waals surface area contributed by atoms with Crippen LogP contribution in [-0.2, 0) is 12.8 Å². The number of hydrogen-bond donors (Lipinski definition) is 1. The van der Waals surface area contributed by atoms with E-state index >= 15 is 0 Å². The standard InChI is InChI=1S/C20H23NO5/c1-22-16-5-4-12(9-17(16)23-2)8-15-14-10-18(24-3)20-19(25-11-26-20)13(14)6-7-21-15/h4-5,9-10,15,21H,6-8,11H2,1-3H3. The lowest BCUT2D eigenvalue weighted by Crippen LogP contribution is -2.31. The lowest BCUT2D eigenvalue weighted by molar-refractivity contribution is 0.170. The average molecular weight is 357 g/mol. The Bertz CT molecular complexity index is 820. The minimum atomic E-state index is 0.167. The number of hydrogen-bond acceptors (Lipinski definition) is 6. The molecule has 0 amide bonds. The summed E-state index contributed by atoms with van der Waals surface area (Å²) in [7, 11) is 4.95. The maximum Gasteiger partial charge on any atom is 0.231 e. The van der Waals surface area contributed by atoms with Crippen LogP contribution in [0.15, 0.2) is 24.3 Å². The highest BCUT2D eigenvalue weighted by molar-refractivity contribution is 5.61. The minimum Gasteiger partial charge on any atom is -0.493 e. The van der Waals surface area contributed by atoms with E-state index in [9.17, 15) is 0 Å². The number of nitrogens with one attached hydrogen (secondary N) is 1. The van der Waals surface area contributed by atoms with Gasteiger partial charge in [0.2, 0.25) is 12.5 Å². The van der Waals surface area contributed by atoms with Crippen molar-refractivity contribution in [1.82, 2.24) is 5.32 Å². The summed E-state index contributed by atoms with van der Waals surface area (Å²) >= 11 is 0. The molecule has 0 aromatic heterocycles. The van der Waals surface area contributed by atoms with Crippen LogP contribution in [0, 0.1) is 0 Å². The number of benzene rings is 2. The number of ether oxygens (including phenoxy) is 5. The fourth-order valence-electron chi connectivity index (χ4n) is 3.74. The molecule has 0 saturated carbocycles. The van der Waals surface area contributed by atoms with E-state index in [1.165, 1.54) is 16.7 Å². The van der Waals surface area contributed by atoms with E-state index in [-0.39, 0.29) is 12.8 Å². The zero-order chi connectivity index (χ0) is 18.1. The Morgan fingerprint density at radius 2 is 1.73 bits per heavy atom. The molecule has 4 rings (SSSR count). The quantitative estimate of drug-likeness (QED) is 0.888. The van der Waals surface area contributed by atoms with E-state index in [1.807, 2.05) is 12.1 Å².